The quantitative estimate of drug-likeness (QED) is 0.725. The molecular formula is C11H12F2O. The Kier molecular flexibility index (Phi) is 2.40. The third-order valence-electron chi connectivity index (χ3n) is 2.40. The van der Waals surface area contributed by atoms with Gasteiger partial charge in [-0.2, -0.15) is 0 Å². The second kappa shape index (κ2) is 3.56. The predicted molar refractivity (Wildman–Crippen MR) is 49.6 cm³/mol. The highest BCUT2D eigenvalue weighted by Crippen LogP contribution is 2.42. The van der Waals surface area contributed by atoms with Gasteiger partial charge in [0.25, 0.3) is 0 Å². The Morgan fingerprint density at radius 1 is 1.21 bits per heavy atom. The second-order valence-corrected chi connectivity index (χ2v) is 3.75. The summed E-state index contributed by atoms with van der Waals surface area (Å²) in [6.45, 7) is 0.402. The molecule has 0 bridgehead atoms. The van der Waals surface area contributed by atoms with Gasteiger partial charge in [0.1, 0.15) is 5.75 Å². The highest BCUT2D eigenvalue weighted by atomic mass is 19.3. The van der Waals surface area contributed by atoms with E-state index in [1.807, 2.05) is 30.3 Å². The topological polar surface area (TPSA) is 9.23 Å². The summed E-state index contributed by atoms with van der Waals surface area (Å²) < 4.78 is 30.3. The van der Waals surface area contributed by atoms with Crippen LogP contribution in [-0.4, -0.2) is 12.5 Å². The highest BCUT2D eigenvalue weighted by Gasteiger charge is 2.45. The number of hydrogen-bond donors (Lipinski definition) is 0. The van der Waals surface area contributed by atoms with Gasteiger partial charge < -0.3 is 4.74 Å². The third-order valence-corrected chi connectivity index (χ3v) is 2.40. The van der Waals surface area contributed by atoms with Gasteiger partial charge in [0.15, 0.2) is 0 Å². The summed E-state index contributed by atoms with van der Waals surface area (Å²) in [6.07, 6.45) is -0.0559. The van der Waals surface area contributed by atoms with Crippen molar-refractivity contribution in [2.45, 2.75) is 18.8 Å². The molecule has 0 amide bonds. The zero-order valence-corrected chi connectivity index (χ0v) is 7.75. The van der Waals surface area contributed by atoms with Crippen molar-refractivity contribution in [1.82, 2.24) is 0 Å². The van der Waals surface area contributed by atoms with Gasteiger partial charge in [-0.15, -0.1) is 0 Å². The van der Waals surface area contributed by atoms with E-state index in [1.54, 1.807) is 0 Å². The van der Waals surface area contributed by atoms with Gasteiger partial charge in [0.05, 0.1) is 6.61 Å². The fraction of sp³-hybridized carbons (Fsp3) is 0.455. The Bertz CT molecular complexity index is 289. The molecule has 0 N–H and O–H groups in total. The Hall–Kier alpha value is -1.12. The molecule has 0 atom stereocenters. The molecule has 1 aliphatic carbocycles. The zero-order valence-electron chi connectivity index (χ0n) is 7.75. The summed E-state index contributed by atoms with van der Waals surface area (Å²) in [5.74, 6) is -1.67. The van der Waals surface area contributed by atoms with Crippen molar-refractivity contribution in [3.8, 4) is 5.75 Å². The summed E-state index contributed by atoms with van der Waals surface area (Å²) in [7, 11) is 0. The number of hydrogen-bond acceptors (Lipinski definition) is 1. The molecule has 3 heteroatoms. The minimum Gasteiger partial charge on any atom is -0.493 e. The molecule has 0 spiro atoms. The Morgan fingerprint density at radius 2 is 1.86 bits per heavy atom. The van der Waals surface area contributed by atoms with Crippen molar-refractivity contribution < 1.29 is 13.5 Å². The minimum absolute atomic E-state index is 0.0187. The van der Waals surface area contributed by atoms with Crippen LogP contribution in [0.15, 0.2) is 30.3 Å². The summed E-state index contributed by atoms with van der Waals surface area (Å²) >= 11 is 0. The van der Waals surface area contributed by atoms with Crippen LogP contribution in [0.1, 0.15) is 12.8 Å². The van der Waals surface area contributed by atoms with E-state index in [1.165, 1.54) is 0 Å². The predicted octanol–water partition coefficient (Wildman–Crippen LogP) is 3.11. The first-order chi connectivity index (χ1) is 6.66. The third kappa shape index (κ3) is 2.22. The molecule has 0 aliphatic heterocycles. The lowest BCUT2D eigenvalue weighted by atomic mass is 9.82. The lowest BCUT2D eigenvalue weighted by molar-refractivity contribution is -0.119. The van der Waals surface area contributed by atoms with Gasteiger partial charge in [-0.3, -0.25) is 0 Å². The van der Waals surface area contributed by atoms with Gasteiger partial charge in [0, 0.05) is 18.8 Å². The van der Waals surface area contributed by atoms with Crippen molar-refractivity contribution in [3.05, 3.63) is 30.3 Å². The molecule has 0 unspecified atom stereocenters. The number of halogens is 2. The molecule has 0 heterocycles. The van der Waals surface area contributed by atoms with Crippen LogP contribution in [0.25, 0.3) is 0 Å². The fourth-order valence-corrected chi connectivity index (χ4v) is 1.63. The minimum atomic E-state index is -2.44. The van der Waals surface area contributed by atoms with Crippen LogP contribution in [0.3, 0.4) is 0 Å². The molecule has 2 rings (SSSR count). The zero-order chi connectivity index (χ0) is 10.0. The van der Waals surface area contributed by atoms with E-state index < -0.39 is 5.92 Å². The SMILES string of the molecule is FC1(F)CC(COc2ccccc2)C1. The maximum Gasteiger partial charge on any atom is 0.248 e. The molecule has 1 saturated carbocycles. The summed E-state index contributed by atoms with van der Waals surface area (Å²) in [6, 6.07) is 9.29. The maximum absolute atomic E-state index is 12.5. The van der Waals surface area contributed by atoms with E-state index in [2.05, 4.69) is 0 Å². The van der Waals surface area contributed by atoms with Gasteiger partial charge in [0.2, 0.25) is 5.92 Å². The van der Waals surface area contributed by atoms with Crippen LogP contribution < -0.4 is 4.74 Å². The van der Waals surface area contributed by atoms with E-state index in [9.17, 15) is 8.78 Å². The van der Waals surface area contributed by atoms with Gasteiger partial charge in [-0.05, 0) is 12.1 Å². The second-order valence-electron chi connectivity index (χ2n) is 3.75. The lowest BCUT2D eigenvalue weighted by Crippen LogP contribution is -2.38. The van der Waals surface area contributed by atoms with E-state index in [-0.39, 0.29) is 18.8 Å². The monoisotopic (exact) mass is 198 g/mol. The molecule has 14 heavy (non-hydrogen) atoms. The number of rotatable bonds is 3. The molecular weight excluding hydrogens is 186 g/mol. The molecule has 0 radical (unpaired) electrons. The first-order valence-electron chi connectivity index (χ1n) is 4.71. The highest BCUT2D eigenvalue weighted by molar-refractivity contribution is 5.20. The van der Waals surface area contributed by atoms with Crippen molar-refractivity contribution in [2.24, 2.45) is 5.92 Å². The maximum atomic E-state index is 12.5. The first kappa shape index (κ1) is 9.44. The molecule has 1 aromatic rings. The molecule has 1 nitrogen and oxygen atoms in total. The summed E-state index contributed by atoms with van der Waals surface area (Å²) in [5.41, 5.74) is 0. The average molecular weight is 198 g/mol. The van der Waals surface area contributed by atoms with Crippen molar-refractivity contribution in [1.29, 1.82) is 0 Å². The molecule has 1 fully saturated rings. The standard InChI is InChI=1S/C11H12F2O/c12-11(13)6-9(7-11)8-14-10-4-2-1-3-5-10/h1-5,9H,6-8H2. The van der Waals surface area contributed by atoms with Crippen LogP contribution >= 0.6 is 0 Å². The number of ether oxygens (including phenoxy) is 1. The van der Waals surface area contributed by atoms with Gasteiger partial charge in [-0.25, -0.2) is 8.78 Å². The number of para-hydroxylation sites is 1. The summed E-state index contributed by atoms with van der Waals surface area (Å²) in [4.78, 5) is 0. The molecule has 1 aromatic carbocycles. The molecule has 0 aromatic heterocycles. The number of alkyl halides is 2. The first-order valence-corrected chi connectivity index (χ1v) is 4.71. The van der Waals surface area contributed by atoms with Crippen molar-refractivity contribution in [3.63, 3.8) is 0 Å². The number of benzene rings is 1. The average Bonchev–Trinajstić information content (AvgIpc) is 2.13. The van der Waals surface area contributed by atoms with Crippen LogP contribution in [0.2, 0.25) is 0 Å². The lowest BCUT2D eigenvalue weighted by Gasteiger charge is -2.34. The van der Waals surface area contributed by atoms with Crippen LogP contribution in [0.4, 0.5) is 8.78 Å². The van der Waals surface area contributed by atoms with E-state index in [4.69, 9.17) is 4.74 Å². The fourth-order valence-electron chi connectivity index (χ4n) is 1.63. The van der Waals surface area contributed by atoms with Crippen LogP contribution in [0, 0.1) is 5.92 Å². The Balaban J connectivity index is 1.75. The van der Waals surface area contributed by atoms with E-state index in [0.29, 0.717) is 6.61 Å². The normalized spacial score (nSPS) is 20.1. The summed E-state index contributed by atoms with van der Waals surface area (Å²) in [5, 5.41) is 0. The van der Waals surface area contributed by atoms with E-state index in [0.717, 1.165) is 5.75 Å². The van der Waals surface area contributed by atoms with Crippen molar-refractivity contribution >= 4 is 0 Å². The van der Waals surface area contributed by atoms with Gasteiger partial charge in [-0.1, -0.05) is 18.2 Å². The largest absolute Gasteiger partial charge is 0.493 e. The van der Waals surface area contributed by atoms with E-state index >= 15 is 0 Å². The molecule has 1 aliphatic rings. The van der Waals surface area contributed by atoms with Crippen LogP contribution in [0.5, 0.6) is 5.75 Å². The Morgan fingerprint density at radius 3 is 2.43 bits per heavy atom. The van der Waals surface area contributed by atoms with Gasteiger partial charge >= 0.3 is 0 Å². The van der Waals surface area contributed by atoms with Crippen LogP contribution in [-0.2, 0) is 0 Å². The molecule has 0 saturated heterocycles. The Labute approximate surface area is 81.7 Å². The van der Waals surface area contributed by atoms with Crippen molar-refractivity contribution in [2.75, 3.05) is 6.61 Å². The smallest absolute Gasteiger partial charge is 0.248 e. The molecule has 76 valence electrons.